The minimum absolute atomic E-state index is 0.122. The van der Waals surface area contributed by atoms with Crippen LogP contribution in [0.3, 0.4) is 0 Å². The number of carbonyl (C=O) groups excluding carboxylic acids is 1. The molecule has 0 aliphatic carbocycles. The standard InChI is InChI=1S/C18H21N5O3/c1-12-3-4-16(21-20-12)22(2)14-6-9-23(10-7-14)17(24)13-5-8-19-15(11-13)18(25)26/h3-5,8,11,14H,6-7,9-10H2,1-2H3,(H,25,26). The van der Waals surface area contributed by atoms with Crippen LogP contribution in [-0.2, 0) is 0 Å². The average molecular weight is 355 g/mol. The lowest BCUT2D eigenvalue weighted by Crippen LogP contribution is -2.46. The van der Waals surface area contributed by atoms with Crippen LogP contribution >= 0.6 is 0 Å². The van der Waals surface area contributed by atoms with Gasteiger partial charge in [0.1, 0.15) is 5.69 Å². The van der Waals surface area contributed by atoms with E-state index in [0.29, 0.717) is 18.7 Å². The van der Waals surface area contributed by atoms with Crippen LogP contribution in [0.15, 0.2) is 30.5 Å². The number of carboxylic acids is 1. The Labute approximate surface area is 151 Å². The molecule has 2 aromatic rings. The summed E-state index contributed by atoms with van der Waals surface area (Å²) in [4.78, 5) is 31.3. The highest BCUT2D eigenvalue weighted by Gasteiger charge is 2.27. The van der Waals surface area contributed by atoms with Crippen molar-refractivity contribution in [2.24, 2.45) is 0 Å². The van der Waals surface area contributed by atoms with Gasteiger partial charge in [-0.2, -0.15) is 5.10 Å². The molecular formula is C18H21N5O3. The maximum atomic E-state index is 12.6. The van der Waals surface area contributed by atoms with Crippen LogP contribution in [0.1, 0.15) is 39.4 Å². The first-order chi connectivity index (χ1) is 12.5. The predicted molar refractivity (Wildman–Crippen MR) is 95.3 cm³/mol. The van der Waals surface area contributed by atoms with Crippen molar-refractivity contribution in [2.75, 3.05) is 25.0 Å². The van der Waals surface area contributed by atoms with Gasteiger partial charge in [-0.1, -0.05) is 0 Å². The van der Waals surface area contributed by atoms with Gasteiger partial charge in [0.15, 0.2) is 5.82 Å². The van der Waals surface area contributed by atoms with Gasteiger partial charge in [0.25, 0.3) is 5.91 Å². The van der Waals surface area contributed by atoms with E-state index in [4.69, 9.17) is 5.11 Å². The maximum absolute atomic E-state index is 12.6. The third-order valence-electron chi connectivity index (χ3n) is 4.67. The molecule has 0 atom stereocenters. The number of carboxylic acid groups (broad SMARTS) is 1. The summed E-state index contributed by atoms with van der Waals surface area (Å²) in [6, 6.07) is 7.04. The molecule has 1 amide bonds. The number of pyridine rings is 1. The number of hydrogen-bond donors (Lipinski definition) is 1. The molecule has 8 nitrogen and oxygen atoms in total. The van der Waals surface area contributed by atoms with Gasteiger partial charge in [0.05, 0.1) is 5.69 Å². The Kier molecular flexibility index (Phi) is 5.11. The zero-order valence-electron chi connectivity index (χ0n) is 14.8. The number of carbonyl (C=O) groups is 2. The van der Waals surface area contributed by atoms with E-state index in [1.807, 2.05) is 26.1 Å². The molecule has 0 spiro atoms. The summed E-state index contributed by atoms with van der Waals surface area (Å²) < 4.78 is 0. The number of piperidine rings is 1. The SMILES string of the molecule is Cc1ccc(N(C)C2CCN(C(=O)c3ccnc(C(=O)O)c3)CC2)nn1. The van der Waals surface area contributed by atoms with E-state index in [2.05, 4.69) is 20.1 Å². The van der Waals surface area contributed by atoms with Crippen LogP contribution in [0.25, 0.3) is 0 Å². The Bertz CT molecular complexity index is 801. The number of aromatic nitrogens is 3. The van der Waals surface area contributed by atoms with Crippen molar-refractivity contribution in [1.29, 1.82) is 0 Å². The summed E-state index contributed by atoms with van der Waals surface area (Å²) in [7, 11) is 1.99. The summed E-state index contributed by atoms with van der Waals surface area (Å²) in [5.74, 6) is -0.481. The number of likely N-dealkylation sites (tertiary alicyclic amines) is 1. The predicted octanol–water partition coefficient (Wildman–Crippen LogP) is 1.62. The lowest BCUT2D eigenvalue weighted by Gasteiger charge is -2.37. The molecule has 1 N–H and O–H groups in total. The first kappa shape index (κ1) is 17.8. The summed E-state index contributed by atoms with van der Waals surface area (Å²) in [6.07, 6.45) is 2.98. The van der Waals surface area contributed by atoms with Crippen molar-refractivity contribution in [1.82, 2.24) is 20.1 Å². The molecule has 3 heterocycles. The first-order valence-electron chi connectivity index (χ1n) is 8.47. The second kappa shape index (κ2) is 7.47. The van der Waals surface area contributed by atoms with Crippen molar-refractivity contribution in [3.05, 3.63) is 47.4 Å². The lowest BCUT2D eigenvalue weighted by atomic mass is 10.0. The molecule has 1 fully saturated rings. The highest BCUT2D eigenvalue weighted by Crippen LogP contribution is 2.21. The third kappa shape index (κ3) is 3.79. The molecule has 2 aromatic heterocycles. The van der Waals surface area contributed by atoms with E-state index in [1.54, 1.807) is 11.0 Å². The quantitative estimate of drug-likeness (QED) is 0.889. The van der Waals surface area contributed by atoms with Gasteiger partial charge < -0.3 is 14.9 Å². The number of nitrogens with zero attached hydrogens (tertiary/aromatic N) is 5. The molecule has 0 unspecified atom stereocenters. The molecular weight excluding hydrogens is 334 g/mol. The highest BCUT2D eigenvalue weighted by molar-refractivity contribution is 5.96. The second-order valence-corrected chi connectivity index (χ2v) is 6.40. The number of hydrogen-bond acceptors (Lipinski definition) is 6. The molecule has 26 heavy (non-hydrogen) atoms. The Morgan fingerprint density at radius 2 is 1.92 bits per heavy atom. The van der Waals surface area contributed by atoms with E-state index >= 15 is 0 Å². The molecule has 0 radical (unpaired) electrons. The van der Waals surface area contributed by atoms with E-state index in [1.165, 1.54) is 12.3 Å². The number of aromatic carboxylic acids is 1. The molecule has 0 bridgehead atoms. The fourth-order valence-electron chi connectivity index (χ4n) is 3.09. The third-order valence-corrected chi connectivity index (χ3v) is 4.67. The minimum atomic E-state index is -1.14. The summed E-state index contributed by atoms with van der Waals surface area (Å²) in [6.45, 7) is 3.12. The van der Waals surface area contributed by atoms with Crippen molar-refractivity contribution in [2.45, 2.75) is 25.8 Å². The van der Waals surface area contributed by atoms with Crippen molar-refractivity contribution in [3.8, 4) is 0 Å². The summed E-state index contributed by atoms with van der Waals surface area (Å²) in [5.41, 5.74) is 1.11. The fourth-order valence-corrected chi connectivity index (χ4v) is 3.09. The molecule has 3 rings (SSSR count). The molecule has 0 aromatic carbocycles. The Morgan fingerprint density at radius 1 is 1.19 bits per heavy atom. The number of anilines is 1. The molecule has 8 heteroatoms. The second-order valence-electron chi connectivity index (χ2n) is 6.40. The van der Waals surface area contributed by atoms with Crippen LogP contribution in [0, 0.1) is 6.92 Å². The Hall–Kier alpha value is -3.03. The van der Waals surface area contributed by atoms with Gasteiger partial charge in [-0.25, -0.2) is 9.78 Å². The zero-order chi connectivity index (χ0) is 18.7. The van der Waals surface area contributed by atoms with E-state index < -0.39 is 5.97 Å². The normalized spacial score (nSPS) is 14.9. The van der Waals surface area contributed by atoms with E-state index in [-0.39, 0.29) is 17.6 Å². The molecule has 1 aliphatic rings. The highest BCUT2D eigenvalue weighted by atomic mass is 16.4. The number of aryl methyl sites for hydroxylation is 1. The maximum Gasteiger partial charge on any atom is 0.354 e. The van der Waals surface area contributed by atoms with Gasteiger partial charge in [0.2, 0.25) is 0 Å². The van der Waals surface area contributed by atoms with Gasteiger partial charge in [-0.15, -0.1) is 5.10 Å². The first-order valence-corrected chi connectivity index (χ1v) is 8.47. The zero-order valence-corrected chi connectivity index (χ0v) is 14.8. The van der Waals surface area contributed by atoms with E-state index in [0.717, 1.165) is 24.4 Å². The smallest absolute Gasteiger partial charge is 0.354 e. The van der Waals surface area contributed by atoms with Gasteiger partial charge in [-0.05, 0) is 44.0 Å². The molecule has 1 aliphatic heterocycles. The molecule has 136 valence electrons. The average Bonchev–Trinajstić information content (AvgIpc) is 2.67. The Morgan fingerprint density at radius 3 is 2.54 bits per heavy atom. The van der Waals surface area contributed by atoms with Crippen molar-refractivity contribution >= 4 is 17.7 Å². The molecule has 1 saturated heterocycles. The lowest BCUT2D eigenvalue weighted by molar-refractivity contribution is 0.0690. The number of rotatable bonds is 4. The summed E-state index contributed by atoms with van der Waals surface area (Å²) in [5, 5.41) is 17.3. The minimum Gasteiger partial charge on any atom is -0.477 e. The topological polar surface area (TPSA) is 99.5 Å². The van der Waals surface area contributed by atoms with Gasteiger partial charge in [0, 0.05) is 37.9 Å². The van der Waals surface area contributed by atoms with Crippen LogP contribution in [-0.4, -0.2) is 63.2 Å². The van der Waals surface area contributed by atoms with E-state index in [9.17, 15) is 9.59 Å². The van der Waals surface area contributed by atoms with Crippen molar-refractivity contribution in [3.63, 3.8) is 0 Å². The largest absolute Gasteiger partial charge is 0.477 e. The van der Waals surface area contributed by atoms with Crippen LogP contribution in [0.4, 0.5) is 5.82 Å². The van der Waals surface area contributed by atoms with Crippen molar-refractivity contribution < 1.29 is 14.7 Å². The van der Waals surface area contributed by atoms with Crippen LogP contribution < -0.4 is 4.90 Å². The number of amides is 1. The Balaban J connectivity index is 1.62. The van der Waals surface area contributed by atoms with Crippen LogP contribution in [0.5, 0.6) is 0 Å². The van der Waals surface area contributed by atoms with Gasteiger partial charge >= 0.3 is 5.97 Å². The van der Waals surface area contributed by atoms with Gasteiger partial charge in [-0.3, -0.25) is 4.79 Å². The molecule has 0 saturated carbocycles. The monoisotopic (exact) mass is 355 g/mol. The van der Waals surface area contributed by atoms with Crippen LogP contribution in [0.2, 0.25) is 0 Å². The summed E-state index contributed by atoms with van der Waals surface area (Å²) >= 11 is 0. The fraction of sp³-hybridized carbons (Fsp3) is 0.389.